The van der Waals surface area contributed by atoms with Crippen LogP contribution in [0.2, 0.25) is 0 Å². The van der Waals surface area contributed by atoms with Crippen molar-refractivity contribution in [1.29, 1.82) is 0 Å². The maximum Gasteiger partial charge on any atom is 0.257 e. The second kappa shape index (κ2) is 7.79. The van der Waals surface area contributed by atoms with Crippen molar-refractivity contribution in [3.8, 4) is 0 Å². The summed E-state index contributed by atoms with van der Waals surface area (Å²) in [6.45, 7) is 4.32. The zero-order valence-electron chi connectivity index (χ0n) is 15.0. The van der Waals surface area contributed by atoms with Crippen LogP contribution >= 0.6 is 0 Å². The molecule has 3 rings (SSSR count). The molecule has 0 radical (unpaired) electrons. The van der Waals surface area contributed by atoms with Gasteiger partial charge in [0.25, 0.3) is 5.91 Å². The molecule has 0 atom stereocenters. The Morgan fingerprint density at radius 1 is 1.08 bits per heavy atom. The van der Waals surface area contributed by atoms with Crippen molar-refractivity contribution in [2.24, 2.45) is 5.92 Å². The monoisotopic (exact) mass is 383 g/mol. The van der Waals surface area contributed by atoms with Gasteiger partial charge in [-0.15, -0.1) is 0 Å². The maximum absolute atomic E-state index is 12.7. The minimum atomic E-state index is -3.19. The third kappa shape index (κ3) is 3.93. The molecule has 0 aliphatic carbocycles. The molecule has 0 spiro atoms. The maximum atomic E-state index is 12.7. The summed E-state index contributed by atoms with van der Waals surface area (Å²) in [6, 6.07) is 1.64. The fourth-order valence-corrected chi connectivity index (χ4v) is 4.61. The summed E-state index contributed by atoms with van der Waals surface area (Å²) in [5, 5.41) is 0. The molecule has 2 saturated heterocycles. The Balaban J connectivity index is 1.49. The van der Waals surface area contributed by atoms with Gasteiger partial charge in [0, 0.05) is 45.2 Å². The highest BCUT2D eigenvalue weighted by Gasteiger charge is 2.33. The van der Waals surface area contributed by atoms with E-state index in [2.05, 4.69) is 0 Å². The van der Waals surface area contributed by atoms with E-state index in [1.54, 1.807) is 22.8 Å². The summed E-state index contributed by atoms with van der Waals surface area (Å²) in [5.74, 6) is -0.000820. The van der Waals surface area contributed by atoms with Gasteiger partial charge in [0.05, 0.1) is 17.6 Å². The summed E-state index contributed by atoms with van der Waals surface area (Å²) in [4.78, 5) is 28.5. The summed E-state index contributed by atoms with van der Waals surface area (Å²) in [7, 11) is -3.19. The predicted molar refractivity (Wildman–Crippen MR) is 94.9 cm³/mol. The highest BCUT2D eigenvalue weighted by molar-refractivity contribution is 7.89. The fourth-order valence-electron chi connectivity index (χ4n) is 3.53. The van der Waals surface area contributed by atoms with E-state index in [9.17, 15) is 18.0 Å². The lowest BCUT2D eigenvalue weighted by Gasteiger charge is -2.38. The number of carbonyl (C=O) groups excluding carboxylic acids is 2. The van der Waals surface area contributed by atoms with Crippen molar-refractivity contribution < 1.29 is 22.4 Å². The molecule has 1 aromatic rings. The quantitative estimate of drug-likeness (QED) is 0.760. The van der Waals surface area contributed by atoms with E-state index in [0.29, 0.717) is 57.7 Å². The van der Waals surface area contributed by atoms with E-state index in [0.717, 1.165) is 0 Å². The molecule has 26 heavy (non-hydrogen) atoms. The average Bonchev–Trinajstić information content (AvgIpc) is 3.22. The number of carbonyl (C=O) groups is 2. The van der Waals surface area contributed by atoms with Crippen LogP contribution in [-0.2, 0) is 14.8 Å². The average molecular weight is 383 g/mol. The molecule has 0 bridgehead atoms. The molecule has 2 aliphatic rings. The molecular weight excluding hydrogens is 358 g/mol. The summed E-state index contributed by atoms with van der Waals surface area (Å²) in [6.07, 6.45) is 4.18. The van der Waals surface area contributed by atoms with E-state index in [4.69, 9.17) is 4.42 Å². The largest absolute Gasteiger partial charge is 0.472 e. The van der Waals surface area contributed by atoms with E-state index >= 15 is 0 Å². The molecule has 0 saturated carbocycles. The van der Waals surface area contributed by atoms with Gasteiger partial charge in [0.2, 0.25) is 15.9 Å². The molecule has 2 amide bonds. The van der Waals surface area contributed by atoms with Crippen LogP contribution in [0, 0.1) is 5.92 Å². The van der Waals surface area contributed by atoms with Crippen LogP contribution in [0.5, 0.6) is 0 Å². The number of hydrogen-bond acceptors (Lipinski definition) is 5. The van der Waals surface area contributed by atoms with Crippen LogP contribution in [-0.4, -0.2) is 79.4 Å². The highest BCUT2D eigenvalue weighted by Crippen LogP contribution is 2.22. The predicted octanol–water partition coefficient (Wildman–Crippen LogP) is 0.626. The number of piperidine rings is 1. The van der Waals surface area contributed by atoms with E-state index < -0.39 is 10.0 Å². The SMILES string of the molecule is CCS(=O)(=O)N1CCN(C(=O)C2CCN(C(=O)c3ccoc3)CC2)CC1. The van der Waals surface area contributed by atoms with Gasteiger partial charge in [-0.05, 0) is 25.8 Å². The number of likely N-dealkylation sites (tertiary alicyclic amines) is 1. The van der Waals surface area contributed by atoms with Gasteiger partial charge >= 0.3 is 0 Å². The third-order valence-electron chi connectivity index (χ3n) is 5.21. The molecule has 8 nitrogen and oxygen atoms in total. The summed E-state index contributed by atoms with van der Waals surface area (Å²) >= 11 is 0. The van der Waals surface area contributed by atoms with Crippen molar-refractivity contribution in [3.05, 3.63) is 24.2 Å². The smallest absolute Gasteiger partial charge is 0.257 e. The van der Waals surface area contributed by atoms with Gasteiger partial charge in [-0.25, -0.2) is 8.42 Å². The zero-order valence-corrected chi connectivity index (χ0v) is 15.8. The Kier molecular flexibility index (Phi) is 5.67. The summed E-state index contributed by atoms with van der Waals surface area (Å²) in [5.41, 5.74) is 0.531. The first kappa shape index (κ1) is 18.9. The molecule has 9 heteroatoms. The topological polar surface area (TPSA) is 91.1 Å². The van der Waals surface area contributed by atoms with Crippen molar-refractivity contribution in [3.63, 3.8) is 0 Å². The zero-order chi connectivity index (χ0) is 18.7. The molecule has 0 unspecified atom stereocenters. The minimum absolute atomic E-state index is 0.0666. The van der Waals surface area contributed by atoms with Crippen LogP contribution in [0.3, 0.4) is 0 Å². The van der Waals surface area contributed by atoms with Crippen molar-refractivity contribution in [2.75, 3.05) is 45.0 Å². The Hall–Kier alpha value is -1.87. The van der Waals surface area contributed by atoms with Crippen LogP contribution in [0.4, 0.5) is 0 Å². The summed E-state index contributed by atoms with van der Waals surface area (Å²) < 4.78 is 30.2. The van der Waals surface area contributed by atoms with Crippen molar-refractivity contribution >= 4 is 21.8 Å². The molecule has 2 fully saturated rings. The number of piperazine rings is 1. The van der Waals surface area contributed by atoms with Gasteiger partial charge in [0.15, 0.2) is 0 Å². The van der Waals surface area contributed by atoms with Gasteiger partial charge < -0.3 is 14.2 Å². The standard InChI is InChI=1S/C17H25N3O5S/c1-2-26(23,24)20-10-8-19(9-11-20)16(21)14-3-6-18(7-4-14)17(22)15-5-12-25-13-15/h5,12-14H,2-4,6-11H2,1H3. The van der Waals surface area contributed by atoms with Crippen molar-refractivity contribution in [2.45, 2.75) is 19.8 Å². The third-order valence-corrected chi connectivity index (χ3v) is 7.09. The number of amides is 2. The molecule has 2 aliphatic heterocycles. The number of hydrogen-bond donors (Lipinski definition) is 0. The van der Waals surface area contributed by atoms with Crippen LogP contribution in [0.1, 0.15) is 30.1 Å². The van der Waals surface area contributed by atoms with Gasteiger partial charge in [-0.3, -0.25) is 9.59 Å². The lowest BCUT2D eigenvalue weighted by atomic mass is 9.94. The number of nitrogens with zero attached hydrogens (tertiary/aromatic N) is 3. The van der Waals surface area contributed by atoms with Crippen molar-refractivity contribution in [1.82, 2.24) is 14.1 Å². The van der Waals surface area contributed by atoms with E-state index in [1.807, 2.05) is 0 Å². The first-order valence-corrected chi connectivity index (χ1v) is 10.6. The number of sulfonamides is 1. The Bertz CT molecular complexity index is 730. The Labute approximate surface area is 153 Å². The van der Waals surface area contributed by atoms with E-state index in [1.165, 1.54) is 16.8 Å². The molecule has 1 aromatic heterocycles. The Morgan fingerprint density at radius 3 is 2.27 bits per heavy atom. The highest BCUT2D eigenvalue weighted by atomic mass is 32.2. The fraction of sp³-hybridized carbons (Fsp3) is 0.647. The number of rotatable bonds is 4. The molecule has 0 aromatic carbocycles. The van der Waals surface area contributed by atoms with Gasteiger partial charge in [-0.1, -0.05) is 0 Å². The normalized spacial score (nSPS) is 20.3. The molecule has 3 heterocycles. The number of furan rings is 1. The molecule has 0 N–H and O–H groups in total. The lowest BCUT2D eigenvalue weighted by Crippen LogP contribution is -2.53. The van der Waals surface area contributed by atoms with E-state index in [-0.39, 0.29) is 23.5 Å². The molecular formula is C17H25N3O5S. The Morgan fingerprint density at radius 2 is 1.73 bits per heavy atom. The first-order chi connectivity index (χ1) is 12.4. The van der Waals surface area contributed by atoms with Gasteiger partial charge in [0.1, 0.15) is 6.26 Å². The van der Waals surface area contributed by atoms with Crippen LogP contribution < -0.4 is 0 Å². The second-order valence-corrected chi connectivity index (χ2v) is 8.96. The molecule has 144 valence electrons. The first-order valence-electron chi connectivity index (χ1n) is 9.00. The van der Waals surface area contributed by atoms with Crippen LogP contribution in [0.15, 0.2) is 23.0 Å². The minimum Gasteiger partial charge on any atom is -0.472 e. The van der Waals surface area contributed by atoms with Crippen LogP contribution in [0.25, 0.3) is 0 Å². The van der Waals surface area contributed by atoms with Gasteiger partial charge in [-0.2, -0.15) is 4.31 Å². The lowest BCUT2D eigenvalue weighted by molar-refractivity contribution is -0.138. The second-order valence-electron chi connectivity index (χ2n) is 6.70.